The number of nitrogens with one attached hydrogen (secondary N) is 2. The number of anilines is 1. The molecule has 6 heteroatoms. The minimum Gasteiger partial charge on any atom is -0.321 e. The Kier molecular flexibility index (Phi) is 4.76. The molecule has 2 aromatic rings. The number of ketones is 1. The molecule has 0 atom stereocenters. The molecule has 0 saturated heterocycles. The number of nitrogens with zero attached hydrogens (tertiary/aromatic N) is 2. The molecule has 1 aliphatic carbocycles. The predicted molar refractivity (Wildman–Crippen MR) is 92.5 cm³/mol. The van der Waals surface area contributed by atoms with Gasteiger partial charge in [0.1, 0.15) is 0 Å². The fourth-order valence-corrected chi connectivity index (χ4v) is 2.87. The summed E-state index contributed by atoms with van der Waals surface area (Å²) < 4.78 is 0. The van der Waals surface area contributed by atoms with E-state index in [4.69, 9.17) is 0 Å². The van der Waals surface area contributed by atoms with Gasteiger partial charge in [-0.3, -0.25) is 14.7 Å². The number of Topliss-reactive ketones (excluding diaryl/α,β-unsaturated/α-hetero) is 1. The third-order valence-electron chi connectivity index (χ3n) is 4.23. The van der Waals surface area contributed by atoms with Crippen LogP contribution in [0, 0.1) is 0 Å². The number of hydrogen-bond acceptors (Lipinski definition) is 4. The second-order valence-corrected chi connectivity index (χ2v) is 6.41. The van der Waals surface area contributed by atoms with Crippen LogP contribution in [0.15, 0.2) is 24.3 Å². The van der Waals surface area contributed by atoms with Gasteiger partial charge in [0, 0.05) is 24.3 Å². The van der Waals surface area contributed by atoms with Crippen molar-refractivity contribution in [3.8, 4) is 0 Å². The predicted octanol–water partition coefficient (Wildman–Crippen LogP) is 2.29. The van der Waals surface area contributed by atoms with Gasteiger partial charge in [0.2, 0.25) is 0 Å². The number of likely N-dealkylation sites (N-methyl/N-ethyl adjacent to an activating group) is 1. The van der Waals surface area contributed by atoms with Crippen LogP contribution < -0.4 is 5.32 Å². The van der Waals surface area contributed by atoms with Crippen molar-refractivity contribution in [2.24, 2.45) is 0 Å². The first-order valence-corrected chi connectivity index (χ1v) is 8.20. The number of fused-ring (bicyclic) bond motifs is 1. The molecular weight excluding hydrogens is 304 g/mol. The molecule has 126 valence electrons. The summed E-state index contributed by atoms with van der Waals surface area (Å²) in [6.07, 6.45) is 3.02. The van der Waals surface area contributed by atoms with Crippen LogP contribution in [0.3, 0.4) is 0 Å². The first-order chi connectivity index (χ1) is 11.5. The van der Waals surface area contributed by atoms with Crippen LogP contribution in [0.5, 0.6) is 0 Å². The molecule has 0 aliphatic heterocycles. The van der Waals surface area contributed by atoms with E-state index in [1.54, 1.807) is 0 Å². The van der Waals surface area contributed by atoms with Gasteiger partial charge in [0.25, 0.3) is 5.91 Å². The van der Waals surface area contributed by atoms with Gasteiger partial charge in [0.05, 0.1) is 5.56 Å². The van der Waals surface area contributed by atoms with Crippen LogP contribution in [0.4, 0.5) is 5.69 Å². The lowest BCUT2D eigenvalue weighted by Crippen LogP contribution is -2.18. The van der Waals surface area contributed by atoms with Crippen molar-refractivity contribution in [1.82, 2.24) is 15.1 Å². The zero-order valence-electron chi connectivity index (χ0n) is 14.1. The lowest BCUT2D eigenvalue weighted by atomic mass is 9.94. The molecule has 0 radical (unpaired) electrons. The Morgan fingerprint density at radius 3 is 2.71 bits per heavy atom. The molecule has 0 saturated carbocycles. The van der Waals surface area contributed by atoms with E-state index >= 15 is 0 Å². The molecule has 1 aromatic heterocycles. The number of aromatic amines is 1. The van der Waals surface area contributed by atoms with Gasteiger partial charge >= 0.3 is 0 Å². The van der Waals surface area contributed by atoms with Crippen molar-refractivity contribution in [3.63, 3.8) is 0 Å². The molecule has 24 heavy (non-hydrogen) atoms. The molecule has 1 heterocycles. The molecular formula is C18H22N4O2. The molecule has 3 rings (SSSR count). The van der Waals surface area contributed by atoms with Crippen molar-refractivity contribution in [2.45, 2.75) is 25.7 Å². The Morgan fingerprint density at radius 1 is 1.25 bits per heavy atom. The van der Waals surface area contributed by atoms with Crippen molar-refractivity contribution in [3.05, 3.63) is 46.8 Å². The zero-order chi connectivity index (χ0) is 17.1. The Morgan fingerprint density at radius 2 is 2.00 bits per heavy atom. The van der Waals surface area contributed by atoms with Gasteiger partial charge in [-0.25, -0.2) is 0 Å². The third kappa shape index (κ3) is 3.54. The summed E-state index contributed by atoms with van der Waals surface area (Å²) in [6.45, 7) is 0.979. The minimum absolute atomic E-state index is 0.00539. The summed E-state index contributed by atoms with van der Waals surface area (Å²) in [4.78, 5) is 26.6. The monoisotopic (exact) mass is 326 g/mol. The minimum atomic E-state index is -0.344. The maximum Gasteiger partial charge on any atom is 0.276 e. The van der Waals surface area contributed by atoms with Crippen LogP contribution in [-0.2, 0) is 12.8 Å². The highest BCUT2D eigenvalue weighted by molar-refractivity contribution is 6.12. The Bertz CT molecular complexity index is 747. The second-order valence-electron chi connectivity index (χ2n) is 6.41. The molecule has 2 N–H and O–H groups in total. The quantitative estimate of drug-likeness (QED) is 0.883. The van der Waals surface area contributed by atoms with E-state index in [1.165, 1.54) is 5.56 Å². The van der Waals surface area contributed by atoms with Crippen LogP contribution in [-0.4, -0.2) is 47.4 Å². The summed E-state index contributed by atoms with van der Waals surface area (Å²) >= 11 is 0. The van der Waals surface area contributed by atoms with Gasteiger partial charge in [-0.2, -0.15) is 5.10 Å². The normalized spacial score (nSPS) is 13.9. The summed E-state index contributed by atoms with van der Waals surface area (Å²) in [5.74, 6) is -0.349. The average Bonchev–Trinajstić information content (AvgIpc) is 3.00. The molecule has 0 unspecified atom stereocenters. The molecule has 0 fully saturated rings. The lowest BCUT2D eigenvalue weighted by molar-refractivity contribution is 0.0955. The second kappa shape index (κ2) is 6.97. The Hall–Kier alpha value is -2.47. The number of H-pyrrole nitrogens is 1. The van der Waals surface area contributed by atoms with Crippen molar-refractivity contribution in [2.75, 3.05) is 26.0 Å². The standard InChI is InChI=1S/C18H22N4O2/c1-22(2)11-10-12-6-8-13(9-7-12)19-18(24)17-16-14(20-21-17)4-3-5-15(16)23/h6-9H,3-5,10-11H2,1-2H3,(H,19,24)(H,20,21). The summed E-state index contributed by atoms with van der Waals surface area (Å²) in [7, 11) is 4.08. The topological polar surface area (TPSA) is 78.1 Å². The molecule has 1 amide bonds. The SMILES string of the molecule is CN(C)CCc1ccc(NC(=O)c2n[nH]c3c2C(=O)CCC3)cc1. The number of aromatic nitrogens is 2. The highest BCUT2D eigenvalue weighted by Gasteiger charge is 2.27. The van der Waals surface area contributed by atoms with Crippen LogP contribution in [0.1, 0.15) is 44.9 Å². The zero-order valence-corrected chi connectivity index (χ0v) is 14.1. The molecule has 1 aromatic carbocycles. The van der Waals surface area contributed by atoms with Gasteiger partial charge in [-0.05, 0) is 51.1 Å². The van der Waals surface area contributed by atoms with E-state index in [9.17, 15) is 9.59 Å². The number of hydrogen-bond donors (Lipinski definition) is 2. The Balaban J connectivity index is 1.69. The largest absolute Gasteiger partial charge is 0.321 e. The van der Waals surface area contributed by atoms with E-state index in [0.717, 1.165) is 31.5 Å². The first-order valence-electron chi connectivity index (χ1n) is 8.20. The van der Waals surface area contributed by atoms with E-state index in [1.807, 2.05) is 38.4 Å². The van der Waals surface area contributed by atoms with Gasteiger partial charge in [-0.1, -0.05) is 12.1 Å². The number of carbonyl (C=O) groups is 2. The number of amides is 1. The van der Waals surface area contributed by atoms with Gasteiger partial charge in [-0.15, -0.1) is 0 Å². The van der Waals surface area contributed by atoms with Gasteiger partial charge < -0.3 is 10.2 Å². The van der Waals surface area contributed by atoms with E-state index in [2.05, 4.69) is 20.4 Å². The van der Waals surface area contributed by atoms with Crippen LogP contribution >= 0.6 is 0 Å². The van der Waals surface area contributed by atoms with Crippen molar-refractivity contribution >= 4 is 17.4 Å². The molecule has 0 bridgehead atoms. The van der Waals surface area contributed by atoms with E-state index in [-0.39, 0.29) is 17.4 Å². The Labute approximate surface area is 141 Å². The van der Waals surface area contributed by atoms with Crippen molar-refractivity contribution < 1.29 is 9.59 Å². The third-order valence-corrected chi connectivity index (χ3v) is 4.23. The molecule has 6 nitrogen and oxygen atoms in total. The van der Waals surface area contributed by atoms with Crippen LogP contribution in [0.25, 0.3) is 0 Å². The maximum absolute atomic E-state index is 12.4. The number of benzene rings is 1. The lowest BCUT2D eigenvalue weighted by Gasteiger charge is -2.11. The van der Waals surface area contributed by atoms with Crippen molar-refractivity contribution in [1.29, 1.82) is 0 Å². The highest BCUT2D eigenvalue weighted by Crippen LogP contribution is 2.23. The number of rotatable bonds is 5. The number of carbonyl (C=O) groups excluding carboxylic acids is 2. The van der Waals surface area contributed by atoms with E-state index < -0.39 is 0 Å². The number of aryl methyl sites for hydroxylation is 1. The molecule has 1 aliphatic rings. The first kappa shape index (κ1) is 16.4. The fourth-order valence-electron chi connectivity index (χ4n) is 2.87. The summed E-state index contributed by atoms with van der Waals surface area (Å²) in [6, 6.07) is 7.77. The maximum atomic E-state index is 12.4. The summed E-state index contributed by atoms with van der Waals surface area (Å²) in [5.41, 5.74) is 3.35. The fraction of sp³-hybridized carbons (Fsp3) is 0.389. The summed E-state index contributed by atoms with van der Waals surface area (Å²) in [5, 5.41) is 9.69. The van der Waals surface area contributed by atoms with Gasteiger partial charge in [0.15, 0.2) is 11.5 Å². The average molecular weight is 326 g/mol. The molecule has 0 spiro atoms. The van der Waals surface area contributed by atoms with E-state index in [0.29, 0.717) is 17.7 Å². The highest BCUT2D eigenvalue weighted by atomic mass is 16.2. The van der Waals surface area contributed by atoms with Crippen LogP contribution in [0.2, 0.25) is 0 Å². The smallest absolute Gasteiger partial charge is 0.276 e.